The van der Waals surface area contributed by atoms with Gasteiger partial charge in [-0.2, -0.15) is 13.2 Å². The first-order valence-electron chi connectivity index (χ1n) is 7.57. The number of rotatable bonds is 3. The van der Waals surface area contributed by atoms with Crippen molar-refractivity contribution in [1.29, 1.82) is 0 Å². The van der Waals surface area contributed by atoms with Crippen molar-refractivity contribution in [2.24, 2.45) is 0 Å². The van der Waals surface area contributed by atoms with Crippen molar-refractivity contribution in [2.45, 2.75) is 29.9 Å². The van der Waals surface area contributed by atoms with Crippen molar-refractivity contribution in [3.63, 3.8) is 0 Å². The fourth-order valence-corrected chi connectivity index (χ4v) is 4.13. The van der Waals surface area contributed by atoms with Gasteiger partial charge in [0.2, 0.25) is 9.84 Å². The van der Waals surface area contributed by atoms with Crippen molar-refractivity contribution in [3.8, 4) is 0 Å². The molecule has 0 spiro atoms. The van der Waals surface area contributed by atoms with Crippen molar-refractivity contribution < 1.29 is 26.4 Å². The summed E-state index contributed by atoms with van der Waals surface area (Å²) >= 11 is 0. The molecule has 1 N–H and O–H groups in total. The molecule has 1 aromatic heterocycles. The van der Waals surface area contributed by atoms with Crippen LogP contribution in [-0.4, -0.2) is 25.4 Å². The van der Waals surface area contributed by atoms with Crippen molar-refractivity contribution in [2.75, 3.05) is 0 Å². The Labute approximate surface area is 147 Å². The van der Waals surface area contributed by atoms with Gasteiger partial charge in [-0.3, -0.25) is 4.79 Å². The number of alkyl halides is 3. The first-order chi connectivity index (χ1) is 12.0. The average Bonchev–Trinajstić information content (AvgIpc) is 2.92. The van der Waals surface area contributed by atoms with Gasteiger partial charge in [0, 0.05) is 10.9 Å². The Hall–Kier alpha value is -2.61. The monoisotopic (exact) mass is 381 g/mol. The minimum Gasteiger partial charge on any atom is -0.345 e. The summed E-state index contributed by atoms with van der Waals surface area (Å²) in [5.41, 5.74) is 0.667. The summed E-state index contributed by atoms with van der Waals surface area (Å²) in [6.07, 6.45) is -5.20. The van der Waals surface area contributed by atoms with Gasteiger partial charge in [-0.1, -0.05) is 29.3 Å². The number of aromatic nitrogens is 1. The molecule has 0 amide bonds. The molecule has 0 unspecified atom stereocenters. The van der Waals surface area contributed by atoms with Crippen LogP contribution in [-0.2, 0) is 9.84 Å². The van der Waals surface area contributed by atoms with Gasteiger partial charge in [0.15, 0.2) is 0 Å². The molecule has 3 aromatic rings. The summed E-state index contributed by atoms with van der Waals surface area (Å²) in [7, 11) is -4.34. The van der Waals surface area contributed by atoms with Crippen LogP contribution in [0.1, 0.15) is 21.5 Å². The van der Waals surface area contributed by atoms with E-state index < -0.39 is 32.4 Å². The highest BCUT2D eigenvalue weighted by atomic mass is 32.2. The van der Waals surface area contributed by atoms with Crippen molar-refractivity contribution in [3.05, 3.63) is 59.2 Å². The van der Waals surface area contributed by atoms with E-state index in [1.807, 2.05) is 0 Å². The number of benzene rings is 2. The van der Waals surface area contributed by atoms with E-state index in [9.17, 15) is 26.4 Å². The zero-order valence-electron chi connectivity index (χ0n) is 13.8. The van der Waals surface area contributed by atoms with Crippen LogP contribution in [0.3, 0.4) is 0 Å². The van der Waals surface area contributed by atoms with Crippen LogP contribution in [0.25, 0.3) is 10.9 Å². The summed E-state index contributed by atoms with van der Waals surface area (Å²) in [4.78, 5) is 14.3. The standard InChI is InChI=1S/C18H14F3NO3S/c1-10-3-6-12(7-4-10)26(24,25)17-15(16(23)18(19,20)21)13-9-11(2)5-8-14(13)22-17/h3-9,22H,1-2H3. The van der Waals surface area contributed by atoms with Gasteiger partial charge >= 0.3 is 6.18 Å². The van der Waals surface area contributed by atoms with Crippen LogP contribution in [0.2, 0.25) is 0 Å². The third-order valence-electron chi connectivity index (χ3n) is 4.00. The Morgan fingerprint density at radius 1 is 0.962 bits per heavy atom. The van der Waals surface area contributed by atoms with E-state index in [-0.39, 0.29) is 15.8 Å². The van der Waals surface area contributed by atoms with Crippen LogP contribution in [0.15, 0.2) is 52.4 Å². The highest BCUT2D eigenvalue weighted by molar-refractivity contribution is 7.91. The fraction of sp³-hybridized carbons (Fsp3) is 0.167. The number of hydrogen-bond donors (Lipinski definition) is 1. The summed E-state index contributed by atoms with van der Waals surface area (Å²) in [6.45, 7) is 3.39. The summed E-state index contributed by atoms with van der Waals surface area (Å²) in [6, 6.07) is 10.1. The fourth-order valence-electron chi connectivity index (χ4n) is 2.69. The van der Waals surface area contributed by atoms with Crippen LogP contribution >= 0.6 is 0 Å². The summed E-state index contributed by atoms with van der Waals surface area (Å²) in [5, 5.41) is -0.817. The van der Waals surface area contributed by atoms with E-state index in [1.165, 1.54) is 36.4 Å². The molecule has 136 valence electrons. The molecular weight excluding hydrogens is 367 g/mol. The summed E-state index contributed by atoms with van der Waals surface area (Å²) in [5.74, 6) is -2.19. The number of sulfone groups is 1. The minimum absolute atomic E-state index is 0.0713. The number of H-pyrrole nitrogens is 1. The highest BCUT2D eigenvalue weighted by Gasteiger charge is 2.44. The van der Waals surface area contributed by atoms with Gasteiger partial charge in [0.05, 0.1) is 10.5 Å². The van der Waals surface area contributed by atoms with Gasteiger partial charge in [-0.15, -0.1) is 0 Å². The maximum Gasteiger partial charge on any atom is 0.454 e. The first-order valence-corrected chi connectivity index (χ1v) is 9.06. The third kappa shape index (κ3) is 3.01. The summed E-state index contributed by atoms with van der Waals surface area (Å²) < 4.78 is 65.1. The topological polar surface area (TPSA) is 67.0 Å². The van der Waals surface area contributed by atoms with E-state index >= 15 is 0 Å². The second-order valence-corrected chi connectivity index (χ2v) is 7.91. The lowest BCUT2D eigenvalue weighted by Gasteiger charge is -2.09. The third-order valence-corrected chi connectivity index (χ3v) is 5.74. The lowest BCUT2D eigenvalue weighted by atomic mass is 10.1. The zero-order chi connectivity index (χ0) is 19.3. The molecule has 0 aliphatic rings. The van der Waals surface area contributed by atoms with E-state index in [1.54, 1.807) is 19.9 Å². The molecule has 0 aliphatic carbocycles. The number of aryl methyl sites for hydroxylation is 2. The molecular formula is C18H14F3NO3S. The number of Topliss-reactive ketones (excluding diaryl/α,β-unsaturated/α-hetero) is 1. The molecule has 26 heavy (non-hydrogen) atoms. The highest BCUT2D eigenvalue weighted by Crippen LogP contribution is 2.35. The maximum absolute atomic E-state index is 13.1. The van der Waals surface area contributed by atoms with Gasteiger partial charge in [-0.25, -0.2) is 8.42 Å². The Kier molecular flexibility index (Phi) is 4.18. The lowest BCUT2D eigenvalue weighted by Crippen LogP contribution is -2.24. The number of aromatic amines is 1. The SMILES string of the molecule is Cc1ccc(S(=O)(=O)c2[nH]c3ccc(C)cc3c2C(=O)C(F)(F)F)cc1. The lowest BCUT2D eigenvalue weighted by molar-refractivity contribution is -0.0886. The predicted octanol–water partition coefficient (Wildman–Crippen LogP) is 4.36. The second-order valence-electron chi connectivity index (χ2n) is 6.02. The van der Waals surface area contributed by atoms with Crippen molar-refractivity contribution in [1.82, 2.24) is 4.98 Å². The molecule has 0 fully saturated rings. The van der Waals surface area contributed by atoms with E-state index in [0.717, 1.165) is 5.56 Å². The Bertz CT molecular complexity index is 1110. The molecule has 0 aliphatic heterocycles. The van der Waals surface area contributed by atoms with Crippen molar-refractivity contribution >= 4 is 26.5 Å². The second kappa shape index (κ2) is 5.98. The molecule has 8 heteroatoms. The number of ketones is 1. The number of nitrogens with one attached hydrogen (secondary N) is 1. The molecule has 0 saturated carbocycles. The maximum atomic E-state index is 13.1. The molecule has 0 bridgehead atoms. The predicted molar refractivity (Wildman–Crippen MR) is 90.1 cm³/mol. The quantitative estimate of drug-likeness (QED) is 0.686. The zero-order valence-corrected chi connectivity index (χ0v) is 14.6. The molecule has 0 atom stereocenters. The van der Waals surface area contributed by atoms with Gasteiger partial charge in [0.25, 0.3) is 5.78 Å². The molecule has 1 heterocycles. The number of halogens is 3. The van der Waals surface area contributed by atoms with Gasteiger partial charge < -0.3 is 4.98 Å². The first kappa shape index (κ1) is 18.2. The van der Waals surface area contributed by atoms with Crippen LogP contribution in [0.4, 0.5) is 13.2 Å². The normalized spacial score (nSPS) is 12.5. The number of carbonyl (C=O) groups is 1. The smallest absolute Gasteiger partial charge is 0.345 e. The minimum atomic E-state index is -5.20. The largest absolute Gasteiger partial charge is 0.454 e. The molecule has 0 radical (unpaired) electrons. The Morgan fingerprint density at radius 3 is 2.12 bits per heavy atom. The molecule has 3 rings (SSSR count). The number of fused-ring (bicyclic) bond motifs is 1. The van der Waals surface area contributed by atoms with E-state index in [4.69, 9.17) is 0 Å². The van der Waals surface area contributed by atoms with E-state index in [2.05, 4.69) is 4.98 Å². The van der Waals surface area contributed by atoms with Crippen LogP contribution in [0.5, 0.6) is 0 Å². The van der Waals surface area contributed by atoms with Crippen LogP contribution < -0.4 is 0 Å². The number of carbonyl (C=O) groups excluding carboxylic acids is 1. The van der Waals surface area contributed by atoms with Crippen LogP contribution in [0, 0.1) is 13.8 Å². The van der Waals surface area contributed by atoms with E-state index in [0.29, 0.717) is 5.56 Å². The van der Waals surface area contributed by atoms with Gasteiger partial charge in [0.1, 0.15) is 5.03 Å². The molecule has 2 aromatic carbocycles. The molecule has 4 nitrogen and oxygen atoms in total. The van der Waals surface area contributed by atoms with Gasteiger partial charge in [-0.05, 0) is 38.1 Å². The molecule has 0 saturated heterocycles. The number of hydrogen-bond acceptors (Lipinski definition) is 3. The average molecular weight is 381 g/mol. The Morgan fingerprint density at radius 2 is 1.54 bits per heavy atom. The Balaban J connectivity index is 2.35.